The second kappa shape index (κ2) is 8.04. The van der Waals surface area contributed by atoms with Crippen LogP contribution < -0.4 is 10.6 Å². The van der Waals surface area contributed by atoms with Crippen LogP contribution in [0.5, 0.6) is 0 Å². The minimum Gasteiger partial charge on any atom is -0.351 e. The van der Waals surface area contributed by atoms with E-state index in [1.54, 1.807) is 0 Å². The van der Waals surface area contributed by atoms with Gasteiger partial charge < -0.3 is 10.6 Å². The molecule has 174 valence electrons. The molecule has 2 aliphatic heterocycles. The zero-order valence-electron chi connectivity index (χ0n) is 19.9. The van der Waals surface area contributed by atoms with Crippen molar-refractivity contribution in [2.75, 3.05) is 6.54 Å². The van der Waals surface area contributed by atoms with Crippen molar-refractivity contribution in [2.45, 2.75) is 121 Å². The van der Waals surface area contributed by atoms with Gasteiger partial charge >= 0.3 is 0 Å². The lowest BCUT2D eigenvalue weighted by Crippen LogP contribution is -2.60. The van der Waals surface area contributed by atoms with Gasteiger partial charge in [-0.2, -0.15) is 0 Å². The number of piperidine rings is 1. The van der Waals surface area contributed by atoms with E-state index >= 15 is 0 Å². The number of nitrogens with zero attached hydrogens (tertiary/aromatic N) is 1. The SMILES string of the molecule is CC(C)(C)NC(=O)CCN1[C@@H]2CC[C@H]1CC(CC(=O)NC13CC4CC(CC(C4)C1)C3)C2. The molecule has 4 aliphatic carbocycles. The van der Waals surface area contributed by atoms with E-state index in [2.05, 4.69) is 15.5 Å². The summed E-state index contributed by atoms with van der Waals surface area (Å²) in [5.41, 5.74) is -0.0148. The maximum absolute atomic E-state index is 13.1. The van der Waals surface area contributed by atoms with Crippen LogP contribution in [0.15, 0.2) is 0 Å². The van der Waals surface area contributed by atoms with Crippen LogP contribution in [0, 0.1) is 23.7 Å². The van der Waals surface area contributed by atoms with Crippen molar-refractivity contribution < 1.29 is 9.59 Å². The van der Waals surface area contributed by atoms with Gasteiger partial charge in [-0.05, 0) is 109 Å². The molecule has 2 N–H and O–H groups in total. The van der Waals surface area contributed by atoms with E-state index in [0.717, 1.165) is 37.1 Å². The van der Waals surface area contributed by atoms with Crippen molar-refractivity contribution in [3.05, 3.63) is 0 Å². The van der Waals surface area contributed by atoms with Crippen molar-refractivity contribution in [3.8, 4) is 0 Å². The van der Waals surface area contributed by atoms with Crippen LogP contribution in [-0.4, -0.2) is 46.4 Å². The molecule has 0 aromatic heterocycles. The van der Waals surface area contributed by atoms with Gasteiger partial charge in [-0.15, -0.1) is 0 Å². The normalized spacial score (nSPS) is 41.4. The van der Waals surface area contributed by atoms with Gasteiger partial charge in [0.15, 0.2) is 0 Å². The maximum atomic E-state index is 13.1. The Morgan fingerprint density at radius 2 is 1.42 bits per heavy atom. The van der Waals surface area contributed by atoms with E-state index in [-0.39, 0.29) is 17.0 Å². The van der Waals surface area contributed by atoms with Crippen LogP contribution in [0.25, 0.3) is 0 Å². The predicted octanol–water partition coefficient (Wildman–Crippen LogP) is 4.01. The van der Waals surface area contributed by atoms with E-state index in [0.29, 0.717) is 36.8 Å². The largest absolute Gasteiger partial charge is 0.351 e. The Morgan fingerprint density at radius 1 is 0.871 bits per heavy atom. The monoisotopic (exact) mass is 429 g/mol. The highest BCUT2D eigenvalue weighted by Crippen LogP contribution is 2.55. The molecule has 2 heterocycles. The fraction of sp³-hybridized carbons (Fsp3) is 0.923. The molecule has 1 unspecified atom stereocenters. The van der Waals surface area contributed by atoms with Gasteiger partial charge in [-0.3, -0.25) is 14.5 Å². The second-order valence-electron chi connectivity index (χ2n) is 13.0. The minimum absolute atomic E-state index is 0.145. The molecule has 0 aromatic carbocycles. The molecule has 6 rings (SSSR count). The Kier molecular flexibility index (Phi) is 5.64. The number of rotatable bonds is 6. The molecule has 3 atom stereocenters. The molecular formula is C26H43N3O2. The summed E-state index contributed by atoms with van der Waals surface area (Å²) in [5.74, 6) is 3.63. The number of carbonyl (C=O) groups excluding carboxylic acids is 2. The average molecular weight is 430 g/mol. The van der Waals surface area contributed by atoms with E-state index < -0.39 is 0 Å². The van der Waals surface area contributed by atoms with Crippen LogP contribution in [0.3, 0.4) is 0 Å². The summed E-state index contributed by atoms with van der Waals surface area (Å²) in [6, 6.07) is 1.14. The van der Waals surface area contributed by atoms with Crippen LogP contribution in [0.4, 0.5) is 0 Å². The van der Waals surface area contributed by atoms with Gasteiger partial charge in [0.05, 0.1) is 0 Å². The molecule has 0 radical (unpaired) electrons. The number of carbonyl (C=O) groups is 2. The molecule has 5 nitrogen and oxygen atoms in total. The lowest BCUT2D eigenvalue weighted by molar-refractivity contribution is -0.128. The summed E-state index contributed by atoms with van der Waals surface area (Å²) in [6.07, 6.45) is 14.0. The van der Waals surface area contributed by atoms with Gasteiger partial charge in [0.25, 0.3) is 0 Å². The number of amides is 2. The number of hydrogen-bond acceptors (Lipinski definition) is 3. The molecule has 6 aliphatic rings. The summed E-state index contributed by atoms with van der Waals surface area (Å²) in [7, 11) is 0. The first-order chi connectivity index (χ1) is 14.7. The van der Waals surface area contributed by atoms with Gasteiger partial charge in [0, 0.05) is 42.5 Å². The molecule has 4 saturated carbocycles. The highest BCUT2D eigenvalue weighted by atomic mass is 16.2. The maximum Gasteiger partial charge on any atom is 0.221 e. The third-order valence-electron chi connectivity index (χ3n) is 9.01. The number of hydrogen-bond donors (Lipinski definition) is 2. The fourth-order valence-corrected chi connectivity index (χ4v) is 8.50. The van der Waals surface area contributed by atoms with Crippen molar-refractivity contribution in [3.63, 3.8) is 0 Å². The molecule has 2 saturated heterocycles. The molecule has 0 spiro atoms. The van der Waals surface area contributed by atoms with Crippen LogP contribution in [-0.2, 0) is 9.59 Å². The van der Waals surface area contributed by atoms with Gasteiger partial charge in [0.2, 0.25) is 11.8 Å². The topological polar surface area (TPSA) is 61.4 Å². The molecular weight excluding hydrogens is 386 g/mol. The van der Waals surface area contributed by atoms with Crippen LogP contribution in [0.1, 0.15) is 97.8 Å². The predicted molar refractivity (Wildman–Crippen MR) is 122 cm³/mol. The summed E-state index contributed by atoms with van der Waals surface area (Å²) >= 11 is 0. The molecule has 31 heavy (non-hydrogen) atoms. The van der Waals surface area contributed by atoms with Gasteiger partial charge in [0.1, 0.15) is 0 Å². The first kappa shape index (κ1) is 21.7. The molecule has 6 fully saturated rings. The fourth-order valence-electron chi connectivity index (χ4n) is 8.50. The van der Waals surface area contributed by atoms with Gasteiger partial charge in [-0.25, -0.2) is 0 Å². The Hall–Kier alpha value is -1.10. The number of nitrogens with one attached hydrogen (secondary N) is 2. The van der Waals surface area contributed by atoms with Crippen molar-refractivity contribution in [1.82, 2.24) is 15.5 Å². The summed E-state index contributed by atoms with van der Waals surface area (Å²) in [6.45, 7) is 6.97. The summed E-state index contributed by atoms with van der Waals surface area (Å²) in [5, 5.41) is 6.68. The lowest BCUT2D eigenvalue weighted by atomic mass is 9.53. The van der Waals surface area contributed by atoms with Gasteiger partial charge in [-0.1, -0.05) is 0 Å². The zero-order chi connectivity index (χ0) is 21.8. The van der Waals surface area contributed by atoms with Crippen LogP contribution >= 0.6 is 0 Å². The van der Waals surface area contributed by atoms with E-state index in [9.17, 15) is 9.59 Å². The van der Waals surface area contributed by atoms with E-state index in [1.165, 1.54) is 51.4 Å². The third kappa shape index (κ3) is 4.82. The first-order valence-electron chi connectivity index (χ1n) is 13.0. The Labute approximate surface area is 188 Å². The Bertz CT molecular complexity index is 663. The molecule has 6 bridgehead atoms. The van der Waals surface area contributed by atoms with Crippen LogP contribution in [0.2, 0.25) is 0 Å². The van der Waals surface area contributed by atoms with E-state index in [1.807, 2.05) is 20.8 Å². The highest BCUT2D eigenvalue weighted by Gasteiger charge is 2.51. The molecule has 2 amide bonds. The standard InChI is InChI=1S/C26H43N3O2/c1-25(2,3)27-23(30)6-7-29-21-4-5-22(29)12-17(11-21)13-24(31)28-26-14-18-8-19(15-26)10-20(9-18)16-26/h17-22H,4-16H2,1-3H3,(H,27,30)(H,28,31)/t17?,18?,19?,20?,21-,22+,26?. The Balaban J connectivity index is 1.10. The quantitative estimate of drug-likeness (QED) is 0.671. The third-order valence-corrected chi connectivity index (χ3v) is 9.01. The zero-order valence-corrected chi connectivity index (χ0v) is 19.9. The molecule has 5 heteroatoms. The van der Waals surface area contributed by atoms with E-state index in [4.69, 9.17) is 0 Å². The molecule has 0 aromatic rings. The number of fused-ring (bicyclic) bond motifs is 2. The first-order valence-corrected chi connectivity index (χ1v) is 13.0. The van der Waals surface area contributed by atoms with Crippen molar-refractivity contribution in [2.24, 2.45) is 23.7 Å². The Morgan fingerprint density at radius 3 is 1.94 bits per heavy atom. The second-order valence-corrected chi connectivity index (χ2v) is 13.0. The average Bonchev–Trinajstić information content (AvgIpc) is 2.85. The smallest absolute Gasteiger partial charge is 0.221 e. The lowest BCUT2D eigenvalue weighted by Gasteiger charge is -2.57. The highest BCUT2D eigenvalue weighted by molar-refractivity contribution is 5.77. The minimum atomic E-state index is -0.160. The van der Waals surface area contributed by atoms with Crippen molar-refractivity contribution >= 4 is 11.8 Å². The summed E-state index contributed by atoms with van der Waals surface area (Å²) in [4.78, 5) is 27.9. The van der Waals surface area contributed by atoms with Crippen molar-refractivity contribution in [1.29, 1.82) is 0 Å². The summed E-state index contributed by atoms with van der Waals surface area (Å²) < 4.78 is 0.